The maximum absolute atomic E-state index is 10.9. The van der Waals surface area contributed by atoms with Gasteiger partial charge in [0.1, 0.15) is 12.7 Å². The van der Waals surface area contributed by atoms with Gasteiger partial charge in [-0.2, -0.15) is 5.10 Å². The van der Waals surface area contributed by atoms with Gasteiger partial charge in [0.2, 0.25) is 5.91 Å². The van der Waals surface area contributed by atoms with Crippen LogP contribution >= 0.6 is 0 Å². The minimum absolute atomic E-state index is 0.170. The third-order valence-electron chi connectivity index (χ3n) is 2.30. The Labute approximate surface area is 76.2 Å². The lowest BCUT2D eigenvalue weighted by molar-refractivity contribution is -0.119. The highest BCUT2D eigenvalue weighted by Gasteiger charge is 2.20. The number of carbonyl (C=O) groups is 1. The standard InChI is InChI=1S/C8H12N4O/c13-8-3-7(4-10-8)1-2-12-6-9-5-11-12/h5-7H,1-4H2,(H,10,13). The molecule has 1 aliphatic rings. The van der Waals surface area contributed by atoms with E-state index < -0.39 is 0 Å². The fraction of sp³-hybridized carbons (Fsp3) is 0.625. The van der Waals surface area contributed by atoms with Crippen LogP contribution in [-0.2, 0) is 11.3 Å². The highest BCUT2D eigenvalue weighted by Crippen LogP contribution is 2.13. The monoisotopic (exact) mass is 180 g/mol. The SMILES string of the molecule is O=C1CC(CCn2cncn2)CN1. The first-order valence-corrected chi connectivity index (χ1v) is 4.43. The van der Waals surface area contributed by atoms with Crippen molar-refractivity contribution in [3.63, 3.8) is 0 Å². The van der Waals surface area contributed by atoms with Gasteiger partial charge in [-0.25, -0.2) is 4.98 Å². The Kier molecular flexibility index (Phi) is 2.25. The van der Waals surface area contributed by atoms with Crippen molar-refractivity contribution in [3.8, 4) is 0 Å². The topological polar surface area (TPSA) is 59.8 Å². The van der Waals surface area contributed by atoms with Gasteiger partial charge in [-0.15, -0.1) is 0 Å². The predicted octanol–water partition coefficient (Wildman–Crippen LogP) is -0.196. The number of aryl methyl sites for hydroxylation is 1. The lowest BCUT2D eigenvalue weighted by Gasteiger charge is -2.05. The number of hydrogen-bond acceptors (Lipinski definition) is 3. The van der Waals surface area contributed by atoms with Crippen LogP contribution in [0.15, 0.2) is 12.7 Å². The molecule has 1 N–H and O–H groups in total. The summed E-state index contributed by atoms with van der Waals surface area (Å²) in [4.78, 5) is 14.7. The number of carbonyl (C=O) groups excluding carboxylic acids is 1. The van der Waals surface area contributed by atoms with Gasteiger partial charge in [-0.1, -0.05) is 0 Å². The van der Waals surface area contributed by atoms with Gasteiger partial charge in [0.25, 0.3) is 0 Å². The smallest absolute Gasteiger partial charge is 0.220 e. The zero-order valence-corrected chi connectivity index (χ0v) is 7.31. The van der Waals surface area contributed by atoms with Crippen molar-refractivity contribution in [1.29, 1.82) is 0 Å². The summed E-state index contributed by atoms with van der Waals surface area (Å²) in [5, 5.41) is 6.81. The predicted molar refractivity (Wildman–Crippen MR) is 45.8 cm³/mol. The van der Waals surface area contributed by atoms with Crippen LogP contribution in [-0.4, -0.2) is 27.2 Å². The molecule has 0 aliphatic carbocycles. The molecular weight excluding hydrogens is 168 g/mol. The third-order valence-corrected chi connectivity index (χ3v) is 2.30. The molecule has 70 valence electrons. The molecule has 1 aliphatic heterocycles. The largest absolute Gasteiger partial charge is 0.356 e. The molecule has 1 amide bonds. The molecule has 0 saturated carbocycles. The molecule has 1 unspecified atom stereocenters. The number of rotatable bonds is 3. The average Bonchev–Trinajstić information content (AvgIpc) is 2.71. The molecule has 13 heavy (non-hydrogen) atoms. The van der Waals surface area contributed by atoms with Gasteiger partial charge >= 0.3 is 0 Å². The summed E-state index contributed by atoms with van der Waals surface area (Å²) in [5.41, 5.74) is 0. The molecule has 1 aromatic rings. The van der Waals surface area contributed by atoms with Crippen molar-refractivity contribution in [3.05, 3.63) is 12.7 Å². The molecule has 1 fully saturated rings. The van der Waals surface area contributed by atoms with E-state index in [1.54, 1.807) is 11.0 Å². The molecule has 0 radical (unpaired) electrons. The van der Waals surface area contributed by atoms with Gasteiger partial charge in [0, 0.05) is 19.5 Å². The summed E-state index contributed by atoms with van der Waals surface area (Å²) in [6, 6.07) is 0. The maximum Gasteiger partial charge on any atom is 0.220 e. The Balaban J connectivity index is 1.77. The molecule has 1 saturated heterocycles. The van der Waals surface area contributed by atoms with E-state index in [9.17, 15) is 4.79 Å². The van der Waals surface area contributed by atoms with Gasteiger partial charge in [-0.3, -0.25) is 9.48 Å². The zero-order chi connectivity index (χ0) is 9.10. The summed E-state index contributed by atoms with van der Waals surface area (Å²) in [6.45, 7) is 1.66. The summed E-state index contributed by atoms with van der Waals surface area (Å²) in [7, 11) is 0. The molecule has 0 spiro atoms. The molecule has 2 rings (SSSR count). The van der Waals surface area contributed by atoms with E-state index >= 15 is 0 Å². The van der Waals surface area contributed by atoms with Crippen molar-refractivity contribution >= 4 is 5.91 Å². The minimum atomic E-state index is 0.170. The van der Waals surface area contributed by atoms with E-state index in [0.717, 1.165) is 19.5 Å². The van der Waals surface area contributed by atoms with E-state index in [1.165, 1.54) is 6.33 Å². The molecule has 0 bridgehead atoms. The number of aromatic nitrogens is 3. The fourth-order valence-corrected chi connectivity index (χ4v) is 1.53. The first-order chi connectivity index (χ1) is 6.34. The molecule has 5 heteroatoms. The highest BCUT2D eigenvalue weighted by atomic mass is 16.1. The van der Waals surface area contributed by atoms with Crippen LogP contribution in [0.4, 0.5) is 0 Å². The second kappa shape index (κ2) is 3.55. The Morgan fingerprint density at radius 1 is 1.69 bits per heavy atom. The van der Waals surface area contributed by atoms with Crippen LogP contribution in [0.2, 0.25) is 0 Å². The average molecular weight is 180 g/mol. The highest BCUT2D eigenvalue weighted by molar-refractivity contribution is 5.78. The van der Waals surface area contributed by atoms with Crippen molar-refractivity contribution < 1.29 is 4.79 Å². The van der Waals surface area contributed by atoms with Gasteiger partial charge in [-0.05, 0) is 12.3 Å². The summed E-state index contributed by atoms with van der Waals surface area (Å²) < 4.78 is 1.79. The molecule has 0 aromatic carbocycles. The first-order valence-electron chi connectivity index (χ1n) is 4.43. The lowest BCUT2D eigenvalue weighted by atomic mass is 10.1. The first kappa shape index (κ1) is 8.22. The van der Waals surface area contributed by atoms with Crippen LogP contribution in [0.1, 0.15) is 12.8 Å². The van der Waals surface area contributed by atoms with Crippen molar-refractivity contribution in [1.82, 2.24) is 20.1 Å². The van der Waals surface area contributed by atoms with E-state index in [2.05, 4.69) is 15.4 Å². The van der Waals surface area contributed by atoms with Crippen molar-refractivity contribution in [2.45, 2.75) is 19.4 Å². The van der Waals surface area contributed by atoms with E-state index in [1.807, 2.05) is 0 Å². The molecular formula is C8H12N4O. The number of amides is 1. The van der Waals surface area contributed by atoms with Crippen molar-refractivity contribution in [2.75, 3.05) is 6.54 Å². The molecule has 1 atom stereocenters. The second-order valence-corrected chi connectivity index (χ2v) is 3.32. The molecule has 1 aromatic heterocycles. The van der Waals surface area contributed by atoms with Crippen LogP contribution in [0.3, 0.4) is 0 Å². The molecule has 2 heterocycles. The number of nitrogens with one attached hydrogen (secondary N) is 1. The lowest BCUT2D eigenvalue weighted by Crippen LogP contribution is -2.14. The quantitative estimate of drug-likeness (QED) is 0.701. The van der Waals surface area contributed by atoms with Gasteiger partial charge < -0.3 is 5.32 Å². The Bertz CT molecular complexity index is 282. The fourth-order valence-electron chi connectivity index (χ4n) is 1.53. The van der Waals surface area contributed by atoms with Crippen LogP contribution in [0, 0.1) is 5.92 Å². The summed E-state index contributed by atoms with van der Waals surface area (Å²) in [5.74, 6) is 0.639. The number of hydrogen-bond donors (Lipinski definition) is 1. The van der Waals surface area contributed by atoms with E-state index in [4.69, 9.17) is 0 Å². The zero-order valence-electron chi connectivity index (χ0n) is 7.31. The van der Waals surface area contributed by atoms with Crippen molar-refractivity contribution in [2.24, 2.45) is 5.92 Å². The van der Waals surface area contributed by atoms with Crippen LogP contribution in [0.25, 0.3) is 0 Å². The van der Waals surface area contributed by atoms with Crippen LogP contribution in [0.5, 0.6) is 0 Å². The normalized spacial score (nSPS) is 21.8. The van der Waals surface area contributed by atoms with Crippen LogP contribution < -0.4 is 5.32 Å². The summed E-state index contributed by atoms with van der Waals surface area (Å²) >= 11 is 0. The Morgan fingerprint density at radius 3 is 3.23 bits per heavy atom. The molecule has 5 nitrogen and oxygen atoms in total. The van der Waals surface area contributed by atoms with E-state index in [0.29, 0.717) is 12.3 Å². The third kappa shape index (κ3) is 2.05. The Morgan fingerprint density at radius 2 is 2.62 bits per heavy atom. The van der Waals surface area contributed by atoms with Gasteiger partial charge in [0.15, 0.2) is 0 Å². The van der Waals surface area contributed by atoms with E-state index in [-0.39, 0.29) is 5.91 Å². The number of nitrogens with zero attached hydrogens (tertiary/aromatic N) is 3. The van der Waals surface area contributed by atoms with Gasteiger partial charge in [0.05, 0.1) is 0 Å². The Hall–Kier alpha value is -1.39. The minimum Gasteiger partial charge on any atom is -0.356 e. The second-order valence-electron chi connectivity index (χ2n) is 3.32. The maximum atomic E-state index is 10.9. The summed E-state index contributed by atoms with van der Waals surface area (Å²) in [6.07, 6.45) is 4.87.